The molecule has 0 aromatic heterocycles. The summed E-state index contributed by atoms with van der Waals surface area (Å²) in [6, 6.07) is 0. The van der Waals surface area contributed by atoms with Crippen LogP contribution in [0.3, 0.4) is 0 Å². The van der Waals surface area contributed by atoms with E-state index in [1.54, 1.807) is 0 Å². The third-order valence-electron chi connectivity index (χ3n) is 15.9. The third-order valence-corrected chi connectivity index (χ3v) is 15.9. The summed E-state index contributed by atoms with van der Waals surface area (Å²) in [6.07, 6.45) is 11.0. The molecule has 9 aliphatic carbocycles. The van der Waals surface area contributed by atoms with Crippen molar-refractivity contribution in [3.05, 3.63) is 0 Å². The second kappa shape index (κ2) is 5.72. The molecule has 0 N–H and O–H groups in total. The zero-order valence-corrected chi connectivity index (χ0v) is 23.0. The van der Waals surface area contributed by atoms with Crippen LogP contribution < -0.4 is 5.11 Å². The first kappa shape index (κ1) is 22.9. The number of carbonyl (C=O) groups excluding carboxylic acids is 1. The summed E-state index contributed by atoms with van der Waals surface area (Å²) in [5.74, 6) is 2.23. The van der Waals surface area contributed by atoms with E-state index in [0.29, 0.717) is 16.7 Å². The molecule has 9 aliphatic rings. The number of carboxylic acid groups (broad SMARTS) is 1. The molecule has 9 unspecified atom stereocenters. The predicted molar refractivity (Wildman–Crippen MR) is 131 cm³/mol. The van der Waals surface area contributed by atoms with E-state index in [1.165, 1.54) is 38.5 Å². The van der Waals surface area contributed by atoms with E-state index in [-0.39, 0.29) is 27.1 Å². The summed E-state index contributed by atoms with van der Waals surface area (Å²) < 4.78 is 0. The number of hydrogen-bond donors (Lipinski definition) is 0. The molecule has 9 fully saturated rings. The molecule has 9 atom stereocenters. The van der Waals surface area contributed by atoms with Crippen LogP contribution in [0.15, 0.2) is 0 Å². The lowest BCUT2D eigenvalue weighted by Crippen LogP contribution is -2.88. The highest BCUT2D eigenvalue weighted by molar-refractivity contribution is 5.75. The molecule has 0 aromatic rings. The number of aliphatic carboxylic acids is 1. The second-order valence-corrected chi connectivity index (χ2v) is 16.2. The quantitative estimate of drug-likeness (QED) is 0.468. The van der Waals surface area contributed by atoms with Gasteiger partial charge >= 0.3 is 0 Å². The molecule has 9 rings (SSSR count). The minimum absolute atomic E-state index is 0.0583. The first-order chi connectivity index (χ1) is 15.1. The Morgan fingerprint density at radius 1 is 0.667 bits per heavy atom. The molecule has 33 heavy (non-hydrogen) atoms. The van der Waals surface area contributed by atoms with Crippen LogP contribution in [0.2, 0.25) is 0 Å². The minimum Gasteiger partial charge on any atom is -0.550 e. The molecular weight excluding hydrogens is 404 g/mol. The van der Waals surface area contributed by atoms with Crippen LogP contribution in [0.1, 0.15) is 120 Å². The van der Waals surface area contributed by atoms with E-state index < -0.39 is 11.4 Å². The molecule has 0 aromatic carbocycles. The standard InChI is InChI=1S/C31H50O2/c1-19-10-11-20-16-29(19,24(20,2)3)28(9)15-13-22-18-31(28,26(22,6)7)30-17-21(25(30,4)5)12-14-27(30,8)23(32)33/h19-22H,10-18H2,1-9H3,(H,32,33)/p-1. The van der Waals surface area contributed by atoms with Crippen molar-refractivity contribution in [2.24, 2.45) is 67.0 Å². The summed E-state index contributed by atoms with van der Waals surface area (Å²) >= 11 is 0. The van der Waals surface area contributed by atoms with E-state index in [2.05, 4.69) is 62.3 Å². The van der Waals surface area contributed by atoms with Gasteiger partial charge in [0.15, 0.2) is 0 Å². The average molecular weight is 454 g/mol. The summed E-state index contributed by atoms with van der Waals surface area (Å²) in [4.78, 5) is 13.2. The van der Waals surface area contributed by atoms with E-state index >= 15 is 0 Å². The molecule has 0 amide bonds. The Hall–Kier alpha value is -0.530. The first-order valence-electron chi connectivity index (χ1n) is 14.3. The molecule has 0 radical (unpaired) electrons. The fourth-order valence-electron chi connectivity index (χ4n) is 14.2. The highest BCUT2D eigenvalue weighted by Gasteiger charge is 2.90. The van der Waals surface area contributed by atoms with Crippen molar-refractivity contribution in [3.63, 3.8) is 0 Å². The smallest absolute Gasteiger partial charge is 0.0479 e. The van der Waals surface area contributed by atoms with Crippen LogP contribution in [0.4, 0.5) is 0 Å². The fourth-order valence-corrected chi connectivity index (χ4v) is 14.2. The van der Waals surface area contributed by atoms with E-state index in [0.717, 1.165) is 37.0 Å². The maximum absolute atomic E-state index is 13.2. The summed E-state index contributed by atoms with van der Waals surface area (Å²) in [5.41, 5.74) is 0.262. The predicted octanol–water partition coefficient (Wildman–Crippen LogP) is 6.86. The highest BCUT2D eigenvalue weighted by Crippen LogP contribution is 2.96. The molecule has 0 spiro atoms. The fraction of sp³-hybridized carbons (Fsp3) is 0.968. The summed E-state index contributed by atoms with van der Waals surface area (Å²) in [5, 5.41) is 13.2. The van der Waals surface area contributed by atoms with Gasteiger partial charge in [-0.15, -0.1) is 0 Å². The Morgan fingerprint density at radius 3 is 1.67 bits per heavy atom. The van der Waals surface area contributed by atoms with Crippen molar-refractivity contribution in [1.82, 2.24) is 0 Å². The van der Waals surface area contributed by atoms with Crippen LogP contribution in [0, 0.1) is 67.0 Å². The maximum Gasteiger partial charge on any atom is 0.0479 e. The van der Waals surface area contributed by atoms with Gasteiger partial charge in [-0.2, -0.15) is 0 Å². The highest BCUT2D eigenvalue weighted by atomic mass is 16.4. The van der Waals surface area contributed by atoms with Crippen LogP contribution in [0.5, 0.6) is 0 Å². The summed E-state index contributed by atoms with van der Waals surface area (Å²) in [6.45, 7) is 22.6. The van der Waals surface area contributed by atoms with Crippen molar-refractivity contribution >= 4 is 5.97 Å². The average Bonchev–Trinajstić information content (AvgIpc) is 2.72. The lowest BCUT2D eigenvalue weighted by atomic mass is 9.11. The van der Waals surface area contributed by atoms with Gasteiger partial charge in [-0.25, -0.2) is 0 Å². The number of carbonyl (C=O) groups is 1. The van der Waals surface area contributed by atoms with E-state index in [4.69, 9.17) is 0 Å². The number of fused-ring (bicyclic) bond motifs is 6. The van der Waals surface area contributed by atoms with Crippen LogP contribution >= 0.6 is 0 Å². The summed E-state index contributed by atoms with van der Waals surface area (Å²) in [7, 11) is 0. The SMILES string of the molecule is CC1CCC2CC1(C1(C)CCC3CC1(C14CC(CCC1(C)C(=O)[O-])C4(C)C)C3(C)C)C2(C)C. The number of rotatable bonds is 3. The van der Waals surface area contributed by atoms with Gasteiger partial charge in [0.05, 0.1) is 0 Å². The molecule has 2 nitrogen and oxygen atoms in total. The molecule has 0 aliphatic heterocycles. The Morgan fingerprint density at radius 2 is 1.18 bits per heavy atom. The van der Waals surface area contributed by atoms with Gasteiger partial charge in [-0.3, -0.25) is 0 Å². The van der Waals surface area contributed by atoms with Crippen LogP contribution in [0.25, 0.3) is 0 Å². The zero-order chi connectivity index (χ0) is 24.3. The number of carboxylic acids is 1. The van der Waals surface area contributed by atoms with E-state index in [1.807, 2.05) is 0 Å². The Labute approximate surface area is 203 Å². The van der Waals surface area contributed by atoms with Crippen molar-refractivity contribution in [2.45, 2.75) is 120 Å². The zero-order valence-electron chi connectivity index (χ0n) is 23.0. The van der Waals surface area contributed by atoms with E-state index in [9.17, 15) is 9.90 Å². The molecule has 186 valence electrons. The molecule has 9 saturated carbocycles. The van der Waals surface area contributed by atoms with Gasteiger partial charge in [0.25, 0.3) is 0 Å². The lowest BCUT2D eigenvalue weighted by Gasteiger charge is -2.93. The van der Waals surface area contributed by atoms with Gasteiger partial charge in [-0.05, 0) is 119 Å². The van der Waals surface area contributed by atoms with Gasteiger partial charge < -0.3 is 9.90 Å². The Bertz CT molecular complexity index is 929. The Kier molecular flexibility index (Phi) is 3.97. The lowest BCUT2D eigenvalue weighted by molar-refractivity contribution is -0.459. The van der Waals surface area contributed by atoms with Gasteiger partial charge in [-0.1, -0.05) is 62.3 Å². The Balaban J connectivity index is 1.65. The minimum atomic E-state index is -0.754. The molecular formula is C31H49O2-. The topological polar surface area (TPSA) is 40.1 Å². The molecule has 0 saturated heterocycles. The normalized spacial score (nSPS) is 58.9. The largest absolute Gasteiger partial charge is 0.550 e. The van der Waals surface area contributed by atoms with Gasteiger partial charge in [0, 0.05) is 11.4 Å². The third kappa shape index (κ3) is 1.76. The van der Waals surface area contributed by atoms with Crippen molar-refractivity contribution < 1.29 is 9.90 Å². The number of hydrogen-bond acceptors (Lipinski definition) is 2. The monoisotopic (exact) mass is 453 g/mol. The first-order valence-corrected chi connectivity index (χ1v) is 14.3. The molecule has 2 heteroatoms. The molecule has 0 heterocycles. The second-order valence-electron chi connectivity index (χ2n) is 16.2. The van der Waals surface area contributed by atoms with Crippen molar-refractivity contribution in [3.8, 4) is 0 Å². The van der Waals surface area contributed by atoms with Gasteiger partial charge in [0.1, 0.15) is 0 Å². The van der Waals surface area contributed by atoms with Crippen LogP contribution in [-0.2, 0) is 4.79 Å². The van der Waals surface area contributed by atoms with Crippen molar-refractivity contribution in [2.75, 3.05) is 0 Å². The van der Waals surface area contributed by atoms with Crippen molar-refractivity contribution in [1.29, 1.82) is 0 Å². The molecule has 6 bridgehead atoms. The van der Waals surface area contributed by atoms with Crippen LogP contribution in [-0.4, -0.2) is 5.97 Å². The van der Waals surface area contributed by atoms with Gasteiger partial charge in [0.2, 0.25) is 0 Å². The maximum atomic E-state index is 13.2.